The third-order valence-electron chi connectivity index (χ3n) is 8.16. The van der Waals surface area contributed by atoms with Gasteiger partial charge >= 0.3 is 5.97 Å². The number of hydrogen-bond donors (Lipinski definition) is 0. The van der Waals surface area contributed by atoms with Crippen LogP contribution in [0.1, 0.15) is 201 Å². The lowest BCUT2D eigenvalue weighted by atomic mass is 9.95. The Kier molecular flexibility index (Phi) is 30.2. The van der Waals surface area contributed by atoms with Crippen molar-refractivity contribution >= 4 is 5.97 Å². The summed E-state index contributed by atoms with van der Waals surface area (Å²) in [7, 11) is 0. The van der Waals surface area contributed by atoms with Gasteiger partial charge in [0.05, 0.1) is 6.61 Å². The van der Waals surface area contributed by atoms with Crippen LogP contribution in [0.25, 0.3) is 0 Å². The molecule has 2 nitrogen and oxygen atoms in total. The maximum Gasteiger partial charge on any atom is 0.305 e. The quantitative estimate of drug-likeness (QED) is 0.0712. The van der Waals surface area contributed by atoms with E-state index in [0.717, 1.165) is 18.8 Å². The fourth-order valence-corrected chi connectivity index (χ4v) is 5.37. The van der Waals surface area contributed by atoms with E-state index in [1.165, 1.54) is 161 Å². The molecule has 0 aromatic heterocycles. The standard InChI is InChI=1S/C34H68O2/c1-4-7-8-9-10-11-12-13-14-15-16-19-22-25-28-31-34(35)36-32-29-26-23-20-17-18-21-24-27-30-33(5-2)6-3/h33H,4-32H2,1-3H3. The van der Waals surface area contributed by atoms with Gasteiger partial charge in [-0.15, -0.1) is 0 Å². The molecule has 0 aliphatic heterocycles. The van der Waals surface area contributed by atoms with Crippen LogP contribution in [0.15, 0.2) is 0 Å². The Hall–Kier alpha value is -0.530. The summed E-state index contributed by atoms with van der Waals surface area (Å²) in [5, 5.41) is 0. The van der Waals surface area contributed by atoms with Gasteiger partial charge in [0.1, 0.15) is 0 Å². The average molecular weight is 509 g/mol. The Morgan fingerprint density at radius 3 is 1.25 bits per heavy atom. The molecule has 0 bridgehead atoms. The highest BCUT2D eigenvalue weighted by Crippen LogP contribution is 2.18. The summed E-state index contributed by atoms with van der Waals surface area (Å²) in [4.78, 5) is 11.9. The molecule has 0 aliphatic carbocycles. The molecule has 36 heavy (non-hydrogen) atoms. The van der Waals surface area contributed by atoms with Gasteiger partial charge in [0.25, 0.3) is 0 Å². The van der Waals surface area contributed by atoms with E-state index in [0.29, 0.717) is 13.0 Å². The summed E-state index contributed by atoms with van der Waals surface area (Å²) in [6.45, 7) is 7.58. The fourth-order valence-electron chi connectivity index (χ4n) is 5.37. The largest absolute Gasteiger partial charge is 0.466 e. The minimum Gasteiger partial charge on any atom is -0.466 e. The van der Waals surface area contributed by atoms with Crippen LogP contribution in [0.5, 0.6) is 0 Å². The first-order valence-corrected chi connectivity index (χ1v) is 16.9. The molecule has 2 heteroatoms. The zero-order valence-electron chi connectivity index (χ0n) is 25.4. The molecule has 0 saturated heterocycles. The van der Waals surface area contributed by atoms with Crippen molar-refractivity contribution < 1.29 is 9.53 Å². The molecule has 0 radical (unpaired) electrons. The first-order chi connectivity index (χ1) is 17.7. The molecule has 0 aliphatic rings. The summed E-state index contributed by atoms with van der Waals surface area (Å²) in [5.74, 6) is 0.987. The van der Waals surface area contributed by atoms with Gasteiger partial charge in [-0.05, 0) is 18.8 Å². The van der Waals surface area contributed by atoms with Gasteiger partial charge in [-0.25, -0.2) is 0 Å². The number of ether oxygens (including phenoxy) is 1. The molecule has 0 amide bonds. The van der Waals surface area contributed by atoms with Crippen LogP contribution in [-0.4, -0.2) is 12.6 Å². The lowest BCUT2D eigenvalue weighted by Crippen LogP contribution is -2.05. The van der Waals surface area contributed by atoms with Crippen LogP contribution in [0.2, 0.25) is 0 Å². The van der Waals surface area contributed by atoms with Crippen molar-refractivity contribution in [2.24, 2.45) is 5.92 Å². The number of rotatable bonds is 30. The smallest absolute Gasteiger partial charge is 0.305 e. The van der Waals surface area contributed by atoms with Gasteiger partial charge < -0.3 is 4.74 Å². The molecule has 0 aromatic rings. The SMILES string of the molecule is CCCCCCCCCCCCCCCCCC(=O)OCCCCCCCCCCCC(CC)CC. The second-order valence-corrected chi connectivity index (χ2v) is 11.6. The van der Waals surface area contributed by atoms with E-state index in [-0.39, 0.29) is 5.97 Å². The molecule has 0 spiro atoms. The molecule has 0 N–H and O–H groups in total. The Labute approximate surface area is 228 Å². The van der Waals surface area contributed by atoms with Gasteiger partial charge in [0, 0.05) is 6.42 Å². The summed E-state index contributed by atoms with van der Waals surface area (Å²) < 4.78 is 5.43. The van der Waals surface area contributed by atoms with Crippen molar-refractivity contribution in [1.82, 2.24) is 0 Å². The number of carbonyl (C=O) groups excluding carboxylic acids is 1. The Balaban J connectivity index is 3.18. The predicted molar refractivity (Wildman–Crippen MR) is 161 cm³/mol. The molecule has 0 atom stereocenters. The molecule has 216 valence electrons. The molecule has 0 saturated carbocycles. The van der Waals surface area contributed by atoms with E-state index >= 15 is 0 Å². The van der Waals surface area contributed by atoms with E-state index in [9.17, 15) is 4.79 Å². The van der Waals surface area contributed by atoms with E-state index < -0.39 is 0 Å². The van der Waals surface area contributed by atoms with Gasteiger partial charge in [0.15, 0.2) is 0 Å². The Bertz CT molecular complexity index is 415. The van der Waals surface area contributed by atoms with Crippen LogP contribution >= 0.6 is 0 Å². The van der Waals surface area contributed by atoms with Gasteiger partial charge in [-0.2, -0.15) is 0 Å². The first kappa shape index (κ1) is 35.5. The van der Waals surface area contributed by atoms with E-state index in [1.807, 2.05) is 0 Å². The lowest BCUT2D eigenvalue weighted by molar-refractivity contribution is -0.143. The highest BCUT2D eigenvalue weighted by molar-refractivity contribution is 5.69. The molecule has 0 heterocycles. The minimum absolute atomic E-state index is 0.0260. The van der Waals surface area contributed by atoms with Crippen LogP contribution < -0.4 is 0 Å². The van der Waals surface area contributed by atoms with Crippen molar-refractivity contribution in [1.29, 1.82) is 0 Å². The van der Waals surface area contributed by atoms with E-state index in [4.69, 9.17) is 4.74 Å². The Morgan fingerprint density at radius 1 is 0.472 bits per heavy atom. The fraction of sp³-hybridized carbons (Fsp3) is 0.971. The summed E-state index contributed by atoms with van der Waals surface area (Å²) in [6.07, 6.45) is 37.1. The molecule has 0 aromatic carbocycles. The van der Waals surface area contributed by atoms with Gasteiger partial charge in [-0.3, -0.25) is 4.79 Å². The lowest BCUT2D eigenvalue weighted by Gasteiger charge is -2.11. The highest BCUT2D eigenvalue weighted by Gasteiger charge is 2.04. The third kappa shape index (κ3) is 28.0. The molecule has 0 fully saturated rings. The van der Waals surface area contributed by atoms with Crippen molar-refractivity contribution in [3.05, 3.63) is 0 Å². The summed E-state index contributed by atoms with van der Waals surface area (Å²) in [6, 6.07) is 0. The average Bonchev–Trinajstić information content (AvgIpc) is 2.89. The van der Waals surface area contributed by atoms with E-state index in [2.05, 4.69) is 20.8 Å². The molecule has 0 rings (SSSR count). The van der Waals surface area contributed by atoms with Crippen LogP contribution in [0, 0.1) is 5.92 Å². The van der Waals surface area contributed by atoms with Crippen molar-refractivity contribution in [3.63, 3.8) is 0 Å². The summed E-state index contributed by atoms with van der Waals surface area (Å²) in [5.41, 5.74) is 0. The first-order valence-electron chi connectivity index (χ1n) is 16.9. The highest BCUT2D eigenvalue weighted by atomic mass is 16.5. The predicted octanol–water partition coefficient (Wildman–Crippen LogP) is 12.1. The van der Waals surface area contributed by atoms with Crippen LogP contribution in [0.4, 0.5) is 0 Å². The molecular weight excluding hydrogens is 440 g/mol. The van der Waals surface area contributed by atoms with Gasteiger partial charge in [0.2, 0.25) is 0 Å². The van der Waals surface area contributed by atoms with Crippen molar-refractivity contribution in [3.8, 4) is 0 Å². The van der Waals surface area contributed by atoms with Crippen molar-refractivity contribution in [2.75, 3.05) is 6.61 Å². The van der Waals surface area contributed by atoms with Crippen LogP contribution in [-0.2, 0) is 9.53 Å². The Morgan fingerprint density at radius 2 is 0.833 bits per heavy atom. The zero-order chi connectivity index (χ0) is 26.4. The summed E-state index contributed by atoms with van der Waals surface area (Å²) >= 11 is 0. The van der Waals surface area contributed by atoms with Crippen LogP contribution in [0.3, 0.4) is 0 Å². The molecular formula is C34H68O2. The van der Waals surface area contributed by atoms with E-state index in [1.54, 1.807) is 0 Å². The minimum atomic E-state index is 0.0260. The monoisotopic (exact) mass is 509 g/mol. The maximum atomic E-state index is 11.9. The second kappa shape index (κ2) is 30.7. The number of hydrogen-bond acceptors (Lipinski definition) is 2. The number of carbonyl (C=O) groups is 1. The number of esters is 1. The number of unbranched alkanes of at least 4 members (excludes halogenated alkanes) is 22. The third-order valence-corrected chi connectivity index (χ3v) is 8.16. The topological polar surface area (TPSA) is 26.3 Å². The van der Waals surface area contributed by atoms with Crippen molar-refractivity contribution in [2.45, 2.75) is 201 Å². The molecule has 0 unspecified atom stereocenters. The maximum absolute atomic E-state index is 11.9. The van der Waals surface area contributed by atoms with Gasteiger partial charge in [-0.1, -0.05) is 181 Å². The zero-order valence-corrected chi connectivity index (χ0v) is 25.4. The second-order valence-electron chi connectivity index (χ2n) is 11.6. The normalized spacial score (nSPS) is 11.4.